The summed E-state index contributed by atoms with van der Waals surface area (Å²) in [5.74, 6) is -0.581. The first-order valence-electron chi connectivity index (χ1n) is 10.2. The summed E-state index contributed by atoms with van der Waals surface area (Å²) in [5, 5.41) is 2.78. The number of anilines is 1. The van der Waals surface area contributed by atoms with E-state index in [1.165, 1.54) is 30.3 Å². The summed E-state index contributed by atoms with van der Waals surface area (Å²) in [5.41, 5.74) is 0.630. The van der Waals surface area contributed by atoms with Crippen LogP contribution in [0.5, 0.6) is 5.75 Å². The molecule has 0 aromatic heterocycles. The third-order valence-electron chi connectivity index (χ3n) is 4.81. The zero-order valence-electron chi connectivity index (χ0n) is 17.9. The zero-order valence-corrected chi connectivity index (χ0v) is 18.7. The standard InChI is InChI=1S/C24H25FN2O4S/c1-3-31-20-15-13-19(14-16-20)18(2)26-24(28)17-27(23-12-8-7-11-22(23)25)32(29,30)21-9-5-4-6-10-21/h4-16,18H,3,17H2,1-2H3,(H,26,28)/t18-/m1/s1. The Morgan fingerprint density at radius 3 is 2.25 bits per heavy atom. The Labute approximate surface area is 187 Å². The predicted octanol–water partition coefficient (Wildman–Crippen LogP) is 4.30. The van der Waals surface area contributed by atoms with Gasteiger partial charge in [-0.25, -0.2) is 12.8 Å². The van der Waals surface area contributed by atoms with Crippen LogP contribution in [0, 0.1) is 5.82 Å². The monoisotopic (exact) mass is 456 g/mol. The van der Waals surface area contributed by atoms with Crippen molar-refractivity contribution in [2.75, 3.05) is 17.5 Å². The highest BCUT2D eigenvalue weighted by Gasteiger charge is 2.29. The second kappa shape index (κ2) is 10.3. The van der Waals surface area contributed by atoms with Gasteiger partial charge >= 0.3 is 0 Å². The lowest BCUT2D eigenvalue weighted by Crippen LogP contribution is -2.42. The van der Waals surface area contributed by atoms with E-state index in [-0.39, 0.29) is 16.6 Å². The fourth-order valence-corrected chi connectivity index (χ4v) is 4.64. The molecule has 0 aliphatic rings. The van der Waals surface area contributed by atoms with Gasteiger partial charge in [0.15, 0.2) is 0 Å². The van der Waals surface area contributed by atoms with Crippen LogP contribution >= 0.6 is 0 Å². The van der Waals surface area contributed by atoms with Crippen molar-refractivity contribution in [3.63, 3.8) is 0 Å². The van der Waals surface area contributed by atoms with Gasteiger partial charge in [-0.2, -0.15) is 0 Å². The largest absolute Gasteiger partial charge is 0.494 e. The van der Waals surface area contributed by atoms with Gasteiger partial charge in [0.2, 0.25) is 5.91 Å². The molecule has 0 aliphatic carbocycles. The molecule has 1 amide bonds. The Kier molecular flexibility index (Phi) is 7.48. The van der Waals surface area contributed by atoms with Crippen molar-refractivity contribution in [3.05, 3.63) is 90.2 Å². The van der Waals surface area contributed by atoms with Crippen LogP contribution in [0.4, 0.5) is 10.1 Å². The quantitative estimate of drug-likeness (QED) is 0.521. The molecule has 0 unspecified atom stereocenters. The van der Waals surface area contributed by atoms with Gasteiger partial charge in [-0.05, 0) is 55.8 Å². The highest BCUT2D eigenvalue weighted by molar-refractivity contribution is 7.92. The van der Waals surface area contributed by atoms with E-state index in [2.05, 4.69) is 5.32 Å². The first-order chi connectivity index (χ1) is 15.3. The average molecular weight is 457 g/mol. The molecule has 0 fully saturated rings. The van der Waals surface area contributed by atoms with E-state index in [0.717, 1.165) is 21.7 Å². The zero-order chi connectivity index (χ0) is 23.1. The number of nitrogens with zero attached hydrogens (tertiary/aromatic N) is 1. The smallest absolute Gasteiger partial charge is 0.264 e. The summed E-state index contributed by atoms with van der Waals surface area (Å²) in [4.78, 5) is 12.8. The maximum Gasteiger partial charge on any atom is 0.264 e. The summed E-state index contributed by atoms with van der Waals surface area (Å²) in [6.45, 7) is 3.65. The normalized spacial score (nSPS) is 12.1. The molecule has 0 spiro atoms. The van der Waals surface area contributed by atoms with Crippen molar-refractivity contribution in [1.82, 2.24) is 5.32 Å². The minimum absolute atomic E-state index is 0.0318. The van der Waals surface area contributed by atoms with Gasteiger partial charge in [-0.3, -0.25) is 9.10 Å². The third kappa shape index (κ3) is 5.45. The average Bonchev–Trinajstić information content (AvgIpc) is 2.79. The van der Waals surface area contributed by atoms with Crippen LogP contribution in [-0.2, 0) is 14.8 Å². The predicted molar refractivity (Wildman–Crippen MR) is 122 cm³/mol. The van der Waals surface area contributed by atoms with E-state index in [1.54, 1.807) is 37.3 Å². The van der Waals surface area contributed by atoms with Crippen molar-refractivity contribution in [2.24, 2.45) is 0 Å². The third-order valence-corrected chi connectivity index (χ3v) is 6.58. The van der Waals surface area contributed by atoms with Crippen LogP contribution in [0.3, 0.4) is 0 Å². The van der Waals surface area contributed by atoms with Crippen LogP contribution in [0.15, 0.2) is 83.8 Å². The Morgan fingerprint density at radius 1 is 1.00 bits per heavy atom. The number of rotatable bonds is 9. The second-order valence-corrected chi connectivity index (χ2v) is 8.93. The number of carbonyl (C=O) groups excluding carboxylic acids is 1. The van der Waals surface area contributed by atoms with Crippen molar-refractivity contribution in [3.8, 4) is 5.75 Å². The maximum atomic E-state index is 14.5. The van der Waals surface area contributed by atoms with Crippen molar-refractivity contribution < 1.29 is 22.3 Å². The van der Waals surface area contributed by atoms with Gasteiger partial charge in [0, 0.05) is 0 Å². The molecule has 0 saturated carbocycles. The second-order valence-electron chi connectivity index (χ2n) is 7.07. The van der Waals surface area contributed by atoms with E-state index in [0.29, 0.717) is 6.61 Å². The number of amides is 1. The molecule has 6 nitrogen and oxygen atoms in total. The molecule has 0 saturated heterocycles. The molecule has 0 bridgehead atoms. The molecule has 8 heteroatoms. The number of ether oxygens (including phenoxy) is 1. The Hall–Kier alpha value is -3.39. The van der Waals surface area contributed by atoms with Gasteiger partial charge in [0.25, 0.3) is 10.0 Å². The van der Waals surface area contributed by atoms with E-state index >= 15 is 0 Å². The molecule has 3 aromatic rings. The lowest BCUT2D eigenvalue weighted by atomic mass is 10.1. The molecule has 0 heterocycles. The molecule has 32 heavy (non-hydrogen) atoms. The van der Waals surface area contributed by atoms with Crippen molar-refractivity contribution in [2.45, 2.75) is 24.8 Å². The van der Waals surface area contributed by atoms with Crippen molar-refractivity contribution in [1.29, 1.82) is 0 Å². The molecule has 1 N–H and O–H groups in total. The number of halogens is 1. The molecule has 1 atom stereocenters. The summed E-state index contributed by atoms with van der Waals surface area (Å²) < 4.78 is 47.2. The lowest BCUT2D eigenvalue weighted by Gasteiger charge is -2.25. The van der Waals surface area contributed by atoms with Crippen LogP contribution in [-0.4, -0.2) is 27.5 Å². The number of benzene rings is 3. The van der Waals surface area contributed by atoms with Crippen LogP contribution in [0.2, 0.25) is 0 Å². The topological polar surface area (TPSA) is 75.7 Å². The number of para-hydroxylation sites is 1. The molecule has 168 valence electrons. The summed E-state index contributed by atoms with van der Waals surface area (Å²) in [6, 6.07) is 20.0. The Bertz CT molecular complexity index is 1150. The number of sulfonamides is 1. The summed E-state index contributed by atoms with van der Waals surface area (Å²) in [7, 11) is -4.17. The van der Waals surface area contributed by atoms with Gasteiger partial charge in [0.05, 0.1) is 23.2 Å². The van der Waals surface area contributed by atoms with E-state index in [4.69, 9.17) is 4.74 Å². The Balaban J connectivity index is 1.83. The molecule has 0 aliphatic heterocycles. The van der Waals surface area contributed by atoms with E-state index in [1.807, 2.05) is 19.1 Å². The highest BCUT2D eigenvalue weighted by Crippen LogP contribution is 2.26. The highest BCUT2D eigenvalue weighted by atomic mass is 32.2. The number of carbonyl (C=O) groups is 1. The molecular weight excluding hydrogens is 431 g/mol. The minimum Gasteiger partial charge on any atom is -0.494 e. The summed E-state index contributed by atoms with van der Waals surface area (Å²) in [6.07, 6.45) is 0. The summed E-state index contributed by atoms with van der Waals surface area (Å²) >= 11 is 0. The number of hydrogen-bond acceptors (Lipinski definition) is 4. The fraction of sp³-hybridized carbons (Fsp3) is 0.208. The molecule has 0 radical (unpaired) electrons. The fourth-order valence-electron chi connectivity index (χ4n) is 3.19. The van der Waals surface area contributed by atoms with Crippen LogP contribution in [0.1, 0.15) is 25.5 Å². The van der Waals surface area contributed by atoms with E-state index in [9.17, 15) is 17.6 Å². The molecule has 3 rings (SSSR count). The lowest BCUT2D eigenvalue weighted by molar-refractivity contribution is -0.120. The van der Waals surface area contributed by atoms with Gasteiger partial charge < -0.3 is 10.1 Å². The first kappa shape index (κ1) is 23.3. The SMILES string of the molecule is CCOc1ccc([C@@H](C)NC(=O)CN(c2ccccc2F)S(=O)(=O)c2ccccc2)cc1. The van der Waals surface area contributed by atoms with Gasteiger partial charge in [0.1, 0.15) is 18.1 Å². The van der Waals surface area contributed by atoms with Crippen LogP contribution < -0.4 is 14.4 Å². The van der Waals surface area contributed by atoms with Gasteiger partial charge in [-0.15, -0.1) is 0 Å². The maximum absolute atomic E-state index is 14.5. The number of nitrogens with one attached hydrogen (secondary N) is 1. The number of hydrogen-bond donors (Lipinski definition) is 1. The minimum atomic E-state index is -4.17. The van der Waals surface area contributed by atoms with Crippen molar-refractivity contribution >= 4 is 21.6 Å². The molecule has 3 aromatic carbocycles. The van der Waals surface area contributed by atoms with Crippen LogP contribution in [0.25, 0.3) is 0 Å². The first-order valence-corrected chi connectivity index (χ1v) is 11.6. The Morgan fingerprint density at radius 2 is 1.62 bits per heavy atom. The van der Waals surface area contributed by atoms with E-state index < -0.39 is 28.3 Å². The van der Waals surface area contributed by atoms with Gasteiger partial charge in [-0.1, -0.05) is 42.5 Å². The molecular formula is C24H25FN2O4S.